The second kappa shape index (κ2) is 6.30. The average Bonchev–Trinajstić information content (AvgIpc) is 3.27. The van der Waals surface area contributed by atoms with E-state index in [1.165, 1.54) is 6.42 Å². The van der Waals surface area contributed by atoms with Gasteiger partial charge in [0.1, 0.15) is 0 Å². The summed E-state index contributed by atoms with van der Waals surface area (Å²) in [7, 11) is 0. The van der Waals surface area contributed by atoms with Crippen molar-refractivity contribution < 1.29 is 4.79 Å². The summed E-state index contributed by atoms with van der Waals surface area (Å²) in [5.41, 5.74) is 10.5. The van der Waals surface area contributed by atoms with Crippen molar-refractivity contribution in [1.29, 1.82) is 0 Å². The molecule has 132 valence electrons. The van der Waals surface area contributed by atoms with Crippen LogP contribution < -0.4 is 11.1 Å². The molecule has 1 amide bonds. The van der Waals surface area contributed by atoms with E-state index < -0.39 is 0 Å². The highest BCUT2D eigenvalue weighted by Crippen LogP contribution is 2.47. The van der Waals surface area contributed by atoms with E-state index in [0.29, 0.717) is 18.4 Å². The van der Waals surface area contributed by atoms with Crippen molar-refractivity contribution in [3.63, 3.8) is 0 Å². The highest BCUT2D eigenvalue weighted by molar-refractivity contribution is 5.80. The third kappa shape index (κ3) is 2.86. The maximum Gasteiger partial charge on any atom is 0.225 e. The zero-order valence-corrected chi connectivity index (χ0v) is 14.9. The van der Waals surface area contributed by atoms with Crippen LogP contribution in [0.3, 0.4) is 0 Å². The first kappa shape index (κ1) is 16.3. The fraction of sp³-hybridized carbons (Fsp3) is 0.500. The molecule has 4 unspecified atom stereocenters. The number of nitrogens with one attached hydrogen (secondary N) is 1. The number of nitrogens with zero attached hydrogens (tertiary/aromatic N) is 2. The van der Waals surface area contributed by atoms with Crippen LogP contribution in [0.5, 0.6) is 0 Å². The predicted molar refractivity (Wildman–Crippen MR) is 97.2 cm³/mol. The van der Waals surface area contributed by atoms with E-state index in [2.05, 4.69) is 16.5 Å². The lowest BCUT2D eigenvalue weighted by Gasteiger charge is -2.27. The van der Waals surface area contributed by atoms with Crippen LogP contribution in [0.25, 0.3) is 5.69 Å². The van der Waals surface area contributed by atoms with Crippen molar-refractivity contribution in [2.75, 3.05) is 0 Å². The van der Waals surface area contributed by atoms with Crippen molar-refractivity contribution in [1.82, 2.24) is 15.1 Å². The maximum absolute atomic E-state index is 12.7. The molecule has 2 saturated carbocycles. The third-order valence-electron chi connectivity index (χ3n) is 5.97. The first-order valence-electron chi connectivity index (χ1n) is 9.19. The summed E-state index contributed by atoms with van der Waals surface area (Å²) in [4.78, 5) is 12.7. The van der Waals surface area contributed by atoms with Gasteiger partial charge in [0.15, 0.2) is 0 Å². The Balaban J connectivity index is 1.50. The van der Waals surface area contributed by atoms with Crippen molar-refractivity contribution in [3.8, 4) is 5.69 Å². The van der Waals surface area contributed by atoms with Crippen molar-refractivity contribution >= 4 is 5.91 Å². The zero-order chi connectivity index (χ0) is 17.6. The summed E-state index contributed by atoms with van der Waals surface area (Å²) in [5, 5.41) is 7.71. The molecule has 4 rings (SSSR count). The molecule has 5 nitrogen and oxygen atoms in total. The van der Waals surface area contributed by atoms with Gasteiger partial charge in [-0.1, -0.05) is 18.2 Å². The molecule has 5 heteroatoms. The molecule has 4 atom stereocenters. The van der Waals surface area contributed by atoms with Gasteiger partial charge in [0.05, 0.1) is 17.3 Å². The van der Waals surface area contributed by atoms with Crippen molar-refractivity contribution in [2.24, 2.45) is 23.5 Å². The van der Waals surface area contributed by atoms with E-state index in [1.807, 2.05) is 42.8 Å². The summed E-state index contributed by atoms with van der Waals surface area (Å²) in [6.07, 6.45) is 3.47. The predicted octanol–water partition coefficient (Wildman–Crippen LogP) is 2.48. The lowest BCUT2D eigenvalue weighted by Crippen LogP contribution is -2.45. The van der Waals surface area contributed by atoms with E-state index in [1.54, 1.807) is 0 Å². The van der Waals surface area contributed by atoms with Gasteiger partial charge in [-0.15, -0.1) is 0 Å². The number of nitrogens with two attached hydrogens (primary N) is 1. The number of para-hydroxylation sites is 1. The van der Waals surface area contributed by atoms with E-state index in [-0.39, 0.29) is 17.9 Å². The number of hydrogen-bond acceptors (Lipinski definition) is 3. The van der Waals surface area contributed by atoms with E-state index in [4.69, 9.17) is 5.73 Å². The van der Waals surface area contributed by atoms with Crippen molar-refractivity contribution in [3.05, 3.63) is 47.3 Å². The first-order valence-corrected chi connectivity index (χ1v) is 9.19. The Kier molecular flexibility index (Phi) is 4.12. The lowest BCUT2D eigenvalue weighted by molar-refractivity contribution is -0.127. The Hall–Kier alpha value is -2.14. The fourth-order valence-corrected chi connectivity index (χ4v) is 4.76. The van der Waals surface area contributed by atoms with Crippen LogP contribution in [0.4, 0.5) is 0 Å². The maximum atomic E-state index is 12.7. The monoisotopic (exact) mass is 338 g/mol. The van der Waals surface area contributed by atoms with Gasteiger partial charge in [0.2, 0.25) is 5.91 Å². The van der Waals surface area contributed by atoms with Gasteiger partial charge in [-0.2, -0.15) is 5.10 Å². The Bertz CT molecular complexity index is 795. The number of aryl methyl sites for hydroxylation is 2. The molecule has 2 aliphatic carbocycles. The second-order valence-electron chi connectivity index (χ2n) is 7.62. The molecule has 1 aromatic heterocycles. The SMILES string of the molecule is Cc1cc(C)n(-c2ccccc2CNC(=O)C2C3CCC(C3)C2N)n1. The molecule has 0 spiro atoms. The number of carbonyl (C=O) groups is 1. The van der Waals surface area contributed by atoms with Crippen LogP contribution in [-0.2, 0) is 11.3 Å². The number of rotatable bonds is 4. The van der Waals surface area contributed by atoms with Crippen LogP contribution >= 0.6 is 0 Å². The molecule has 25 heavy (non-hydrogen) atoms. The molecule has 0 aliphatic heterocycles. The molecule has 1 aromatic carbocycles. The molecule has 3 N–H and O–H groups in total. The van der Waals surface area contributed by atoms with Crippen LogP contribution in [0.2, 0.25) is 0 Å². The van der Waals surface area contributed by atoms with E-state index in [0.717, 1.165) is 35.5 Å². The molecule has 2 bridgehead atoms. The zero-order valence-electron chi connectivity index (χ0n) is 14.9. The highest BCUT2D eigenvalue weighted by Gasteiger charge is 2.48. The van der Waals surface area contributed by atoms with Crippen LogP contribution in [0.15, 0.2) is 30.3 Å². The van der Waals surface area contributed by atoms with Crippen LogP contribution in [0.1, 0.15) is 36.2 Å². The molecule has 2 aliphatic rings. The molecule has 2 fully saturated rings. The largest absolute Gasteiger partial charge is 0.352 e. The third-order valence-corrected chi connectivity index (χ3v) is 5.97. The Morgan fingerprint density at radius 1 is 1.28 bits per heavy atom. The Morgan fingerprint density at radius 2 is 2.04 bits per heavy atom. The average molecular weight is 338 g/mol. The Morgan fingerprint density at radius 3 is 2.72 bits per heavy atom. The van der Waals surface area contributed by atoms with Crippen LogP contribution in [0, 0.1) is 31.6 Å². The van der Waals surface area contributed by atoms with E-state index in [9.17, 15) is 4.79 Å². The van der Waals surface area contributed by atoms with Gasteiger partial charge in [-0.05, 0) is 62.6 Å². The second-order valence-corrected chi connectivity index (χ2v) is 7.62. The minimum Gasteiger partial charge on any atom is -0.352 e. The molecule has 0 radical (unpaired) electrons. The molecule has 0 saturated heterocycles. The Labute approximate surface area is 148 Å². The number of aromatic nitrogens is 2. The quantitative estimate of drug-likeness (QED) is 0.899. The summed E-state index contributed by atoms with van der Waals surface area (Å²) in [6, 6.07) is 10.2. The van der Waals surface area contributed by atoms with Gasteiger partial charge in [0, 0.05) is 18.3 Å². The van der Waals surface area contributed by atoms with E-state index >= 15 is 0 Å². The van der Waals surface area contributed by atoms with Gasteiger partial charge in [0.25, 0.3) is 0 Å². The standard InChI is InChI=1S/C20H26N4O/c1-12-9-13(2)24(23-12)17-6-4-3-5-16(17)11-22-20(25)18-14-7-8-15(10-14)19(18)21/h3-6,9,14-15,18-19H,7-8,10-11,21H2,1-2H3,(H,22,25). The summed E-state index contributed by atoms with van der Waals surface area (Å²) in [6.45, 7) is 4.54. The topological polar surface area (TPSA) is 72.9 Å². The number of amides is 1. The summed E-state index contributed by atoms with van der Waals surface area (Å²) < 4.78 is 1.94. The number of hydrogen-bond donors (Lipinski definition) is 2. The minimum absolute atomic E-state index is 0.0143. The van der Waals surface area contributed by atoms with Crippen molar-refractivity contribution in [2.45, 2.75) is 45.7 Å². The fourth-order valence-electron chi connectivity index (χ4n) is 4.76. The van der Waals surface area contributed by atoms with Gasteiger partial charge in [-0.3, -0.25) is 4.79 Å². The summed E-state index contributed by atoms with van der Waals surface area (Å²) >= 11 is 0. The van der Waals surface area contributed by atoms with Gasteiger partial charge < -0.3 is 11.1 Å². The lowest BCUT2D eigenvalue weighted by atomic mass is 9.84. The van der Waals surface area contributed by atoms with Gasteiger partial charge in [-0.25, -0.2) is 4.68 Å². The minimum atomic E-state index is -0.0143. The molecule has 2 aromatic rings. The normalized spacial score (nSPS) is 27.6. The number of benzene rings is 1. The molecular weight excluding hydrogens is 312 g/mol. The smallest absolute Gasteiger partial charge is 0.225 e. The molecular formula is C20H26N4O. The highest BCUT2D eigenvalue weighted by atomic mass is 16.1. The summed E-state index contributed by atoms with van der Waals surface area (Å²) in [5.74, 6) is 1.12. The number of fused-ring (bicyclic) bond motifs is 2. The number of carbonyl (C=O) groups excluding carboxylic acids is 1. The first-order chi connectivity index (χ1) is 12.0. The van der Waals surface area contributed by atoms with Gasteiger partial charge >= 0.3 is 0 Å². The molecule has 1 heterocycles. The van der Waals surface area contributed by atoms with Crippen LogP contribution in [-0.4, -0.2) is 21.7 Å².